The third-order valence-corrected chi connectivity index (χ3v) is 3.75. The lowest BCUT2D eigenvalue weighted by Gasteiger charge is -2.09. The number of carbonyl (C=O) groups excluding carboxylic acids is 1. The van der Waals surface area contributed by atoms with E-state index < -0.39 is 0 Å². The van der Waals surface area contributed by atoms with Crippen LogP contribution in [0.4, 0.5) is 5.82 Å². The van der Waals surface area contributed by atoms with E-state index in [1.807, 2.05) is 31.6 Å². The molecule has 6 heteroatoms. The Bertz CT molecular complexity index is 545. The quantitative estimate of drug-likeness (QED) is 0.820. The van der Waals surface area contributed by atoms with Crippen LogP contribution < -0.4 is 5.73 Å². The molecule has 19 heavy (non-hydrogen) atoms. The van der Waals surface area contributed by atoms with Gasteiger partial charge in [0.25, 0.3) is 0 Å². The van der Waals surface area contributed by atoms with E-state index >= 15 is 0 Å². The fourth-order valence-corrected chi connectivity index (χ4v) is 2.63. The van der Waals surface area contributed by atoms with Gasteiger partial charge in [-0.05, 0) is 38.5 Å². The second kappa shape index (κ2) is 5.99. The van der Waals surface area contributed by atoms with Gasteiger partial charge in [0.05, 0.1) is 10.4 Å². The topological polar surface area (TPSA) is 64.2 Å². The van der Waals surface area contributed by atoms with Crippen molar-refractivity contribution in [3.63, 3.8) is 0 Å². The van der Waals surface area contributed by atoms with Crippen LogP contribution in [0.15, 0.2) is 17.5 Å². The minimum Gasteiger partial charge on any atom is -0.383 e. The normalized spacial score (nSPS) is 11.1. The van der Waals surface area contributed by atoms with E-state index in [1.165, 1.54) is 0 Å². The Morgan fingerprint density at radius 3 is 2.89 bits per heavy atom. The van der Waals surface area contributed by atoms with Gasteiger partial charge in [0.2, 0.25) is 0 Å². The first-order chi connectivity index (χ1) is 9.13. The SMILES string of the molecule is CN(C)CCCn1nc(-c2cccs2)c(C=O)c1N. The molecule has 0 aliphatic carbocycles. The summed E-state index contributed by atoms with van der Waals surface area (Å²) in [7, 11) is 4.06. The van der Waals surface area contributed by atoms with Crippen molar-refractivity contribution in [2.45, 2.75) is 13.0 Å². The molecule has 0 fully saturated rings. The lowest BCUT2D eigenvalue weighted by molar-refractivity contribution is 0.112. The average molecular weight is 278 g/mol. The maximum absolute atomic E-state index is 11.2. The summed E-state index contributed by atoms with van der Waals surface area (Å²) < 4.78 is 1.72. The van der Waals surface area contributed by atoms with Crippen molar-refractivity contribution in [3.8, 4) is 10.6 Å². The van der Waals surface area contributed by atoms with Crippen LogP contribution in [0.3, 0.4) is 0 Å². The largest absolute Gasteiger partial charge is 0.383 e. The Hall–Kier alpha value is -1.66. The lowest BCUT2D eigenvalue weighted by atomic mass is 10.2. The van der Waals surface area contributed by atoms with Gasteiger partial charge >= 0.3 is 0 Å². The summed E-state index contributed by atoms with van der Waals surface area (Å²) in [6.07, 6.45) is 1.74. The molecule has 102 valence electrons. The molecular formula is C13H18N4OS. The molecule has 0 aliphatic rings. The molecule has 2 heterocycles. The number of aldehydes is 1. The zero-order valence-electron chi connectivity index (χ0n) is 11.2. The van der Waals surface area contributed by atoms with E-state index in [0.717, 1.165) is 30.7 Å². The number of thiophene rings is 1. The molecule has 0 saturated carbocycles. The van der Waals surface area contributed by atoms with Crippen LogP contribution in [0, 0.1) is 0 Å². The predicted molar refractivity (Wildman–Crippen MR) is 78.5 cm³/mol. The highest BCUT2D eigenvalue weighted by molar-refractivity contribution is 7.13. The monoisotopic (exact) mass is 278 g/mol. The van der Waals surface area contributed by atoms with Crippen molar-refractivity contribution in [3.05, 3.63) is 23.1 Å². The third-order valence-electron chi connectivity index (χ3n) is 2.88. The van der Waals surface area contributed by atoms with Gasteiger partial charge in [-0.15, -0.1) is 11.3 Å². The lowest BCUT2D eigenvalue weighted by Crippen LogP contribution is -2.16. The predicted octanol–water partition coefficient (Wildman–Crippen LogP) is 1.96. The van der Waals surface area contributed by atoms with Crippen LogP contribution in [0.25, 0.3) is 10.6 Å². The second-order valence-corrected chi connectivity index (χ2v) is 5.57. The van der Waals surface area contributed by atoms with Gasteiger partial charge in [-0.2, -0.15) is 5.10 Å². The van der Waals surface area contributed by atoms with Crippen LogP contribution in [0.5, 0.6) is 0 Å². The number of carbonyl (C=O) groups is 1. The Morgan fingerprint density at radius 2 is 2.32 bits per heavy atom. The first kappa shape index (κ1) is 13.8. The summed E-state index contributed by atoms with van der Waals surface area (Å²) in [6.45, 7) is 1.68. The van der Waals surface area contributed by atoms with Gasteiger partial charge < -0.3 is 10.6 Å². The minimum atomic E-state index is 0.456. The molecule has 0 aliphatic heterocycles. The van der Waals surface area contributed by atoms with E-state index in [1.54, 1.807) is 16.0 Å². The first-order valence-electron chi connectivity index (χ1n) is 6.13. The van der Waals surface area contributed by atoms with Crippen LogP contribution in [-0.4, -0.2) is 41.6 Å². The molecule has 2 aromatic rings. The van der Waals surface area contributed by atoms with Crippen LogP contribution in [0.1, 0.15) is 16.8 Å². The van der Waals surface area contributed by atoms with E-state index in [-0.39, 0.29) is 0 Å². The van der Waals surface area contributed by atoms with Gasteiger partial charge in [0.1, 0.15) is 11.5 Å². The number of aromatic nitrogens is 2. The Labute approximate surface area is 116 Å². The van der Waals surface area contributed by atoms with E-state index in [2.05, 4.69) is 10.00 Å². The minimum absolute atomic E-state index is 0.456. The molecule has 0 spiro atoms. The summed E-state index contributed by atoms with van der Waals surface area (Å²) in [5.41, 5.74) is 7.18. The number of hydrogen-bond acceptors (Lipinski definition) is 5. The number of rotatable bonds is 6. The van der Waals surface area contributed by atoms with Gasteiger partial charge in [-0.1, -0.05) is 6.07 Å². The Kier molecular flexibility index (Phi) is 4.34. The van der Waals surface area contributed by atoms with Crippen molar-refractivity contribution in [2.24, 2.45) is 0 Å². The summed E-state index contributed by atoms with van der Waals surface area (Å²) in [5.74, 6) is 0.456. The molecule has 5 nitrogen and oxygen atoms in total. The average Bonchev–Trinajstić information content (AvgIpc) is 2.97. The van der Waals surface area contributed by atoms with E-state index in [9.17, 15) is 4.79 Å². The number of anilines is 1. The number of nitrogens with zero attached hydrogens (tertiary/aromatic N) is 3. The van der Waals surface area contributed by atoms with Crippen LogP contribution in [0.2, 0.25) is 0 Å². The molecule has 0 aromatic carbocycles. The number of aryl methyl sites for hydroxylation is 1. The maximum Gasteiger partial charge on any atom is 0.156 e. The Balaban J connectivity index is 2.24. The maximum atomic E-state index is 11.2. The van der Waals surface area contributed by atoms with Crippen molar-refractivity contribution < 1.29 is 4.79 Å². The van der Waals surface area contributed by atoms with Gasteiger partial charge in [-0.25, -0.2) is 4.68 Å². The molecule has 2 N–H and O–H groups in total. The molecule has 0 atom stereocenters. The molecule has 0 amide bonds. The molecule has 0 unspecified atom stereocenters. The highest BCUT2D eigenvalue weighted by Crippen LogP contribution is 2.29. The molecule has 0 radical (unpaired) electrons. The molecule has 0 saturated heterocycles. The van der Waals surface area contributed by atoms with Crippen molar-refractivity contribution in [1.82, 2.24) is 14.7 Å². The third kappa shape index (κ3) is 3.02. The van der Waals surface area contributed by atoms with Crippen molar-refractivity contribution in [1.29, 1.82) is 0 Å². The van der Waals surface area contributed by atoms with Crippen LogP contribution >= 0.6 is 11.3 Å². The number of nitrogen functional groups attached to an aromatic ring is 1. The van der Waals surface area contributed by atoms with E-state index in [4.69, 9.17) is 5.73 Å². The fourth-order valence-electron chi connectivity index (χ4n) is 1.91. The zero-order valence-corrected chi connectivity index (χ0v) is 12.0. The van der Waals surface area contributed by atoms with Crippen LogP contribution in [-0.2, 0) is 6.54 Å². The molecule has 2 rings (SSSR count). The Morgan fingerprint density at radius 1 is 1.53 bits per heavy atom. The summed E-state index contributed by atoms with van der Waals surface area (Å²) >= 11 is 1.56. The number of nitrogens with two attached hydrogens (primary N) is 1. The van der Waals surface area contributed by atoms with Crippen molar-refractivity contribution in [2.75, 3.05) is 26.4 Å². The highest BCUT2D eigenvalue weighted by Gasteiger charge is 2.16. The van der Waals surface area contributed by atoms with Gasteiger partial charge in [0, 0.05) is 6.54 Å². The standard InChI is InChI=1S/C13H18N4OS/c1-16(2)6-4-7-17-13(14)10(9-18)12(15-17)11-5-3-8-19-11/h3,5,8-9H,4,6-7,14H2,1-2H3. The first-order valence-corrected chi connectivity index (χ1v) is 7.01. The molecule has 2 aromatic heterocycles. The summed E-state index contributed by atoms with van der Waals surface area (Å²) in [5, 5.41) is 6.44. The van der Waals surface area contributed by atoms with Gasteiger partial charge in [-0.3, -0.25) is 4.79 Å². The molecule has 0 bridgehead atoms. The van der Waals surface area contributed by atoms with Crippen molar-refractivity contribution >= 4 is 23.4 Å². The highest BCUT2D eigenvalue weighted by atomic mass is 32.1. The van der Waals surface area contributed by atoms with E-state index in [0.29, 0.717) is 17.1 Å². The smallest absolute Gasteiger partial charge is 0.156 e. The summed E-state index contributed by atoms with van der Waals surface area (Å²) in [4.78, 5) is 14.3. The number of hydrogen-bond donors (Lipinski definition) is 1. The fraction of sp³-hybridized carbons (Fsp3) is 0.385. The second-order valence-electron chi connectivity index (χ2n) is 4.62. The summed E-state index contributed by atoms with van der Waals surface area (Å²) in [6, 6.07) is 3.89. The zero-order chi connectivity index (χ0) is 13.8. The molecular weight excluding hydrogens is 260 g/mol. The van der Waals surface area contributed by atoms with Gasteiger partial charge in [0.15, 0.2) is 6.29 Å².